The van der Waals surface area contributed by atoms with Gasteiger partial charge < -0.3 is 14.7 Å². The number of methoxy groups -OCH3 is 1. The Kier molecular flexibility index (Phi) is 5.47. The topological polar surface area (TPSA) is 103 Å². The van der Waals surface area contributed by atoms with Gasteiger partial charge in [-0.15, -0.1) is 0 Å². The van der Waals surface area contributed by atoms with E-state index in [-0.39, 0.29) is 11.3 Å². The first-order valence-corrected chi connectivity index (χ1v) is 8.31. The summed E-state index contributed by atoms with van der Waals surface area (Å²) in [5.74, 6) is -0.791. The second-order valence-electron chi connectivity index (χ2n) is 5.99. The summed E-state index contributed by atoms with van der Waals surface area (Å²) in [5.41, 5.74) is 0.503. The maximum Gasteiger partial charge on any atom is 0.325 e. The number of ether oxygens (including phenoxy) is 1. The summed E-state index contributed by atoms with van der Waals surface area (Å²) >= 11 is 0. The first-order chi connectivity index (χ1) is 13.0. The van der Waals surface area contributed by atoms with E-state index in [1.807, 2.05) is 11.0 Å². The lowest BCUT2D eigenvalue weighted by atomic mass is 10.0. The second-order valence-corrected chi connectivity index (χ2v) is 5.99. The first kappa shape index (κ1) is 18.5. The van der Waals surface area contributed by atoms with Crippen LogP contribution in [0.15, 0.2) is 30.6 Å². The largest absolute Gasteiger partial charge is 0.496 e. The molecule has 8 nitrogen and oxygen atoms in total. The zero-order chi connectivity index (χ0) is 19.4. The second kappa shape index (κ2) is 7.97. The van der Waals surface area contributed by atoms with Crippen molar-refractivity contribution in [3.05, 3.63) is 47.7 Å². The van der Waals surface area contributed by atoms with E-state index in [0.717, 1.165) is 0 Å². The number of piperazine rings is 1. The summed E-state index contributed by atoms with van der Waals surface area (Å²) in [6.07, 6.45) is 2.97. The molecule has 3 rings (SSSR count). The van der Waals surface area contributed by atoms with E-state index in [4.69, 9.17) is 4.74 Å². The maximum atomic E-state index is 13.7. The minimum atomic E-state index is -1.08. The number of rotatable bonds is 5. The average molecular weight is 371 g/mol. The molecule has 27 heavy (non-hydrogen) atoms. The molecular weight excluding hydrogens is 353 g/mol. The highest BCUT2D eigenvalue weighted by atomic mass is 19.1. The van der Waals surface area contributed by atoms with Crippen molar-refractivity contribution in [3.63, 3.8) is 0 Å². The van der Waals surface area contributed by atoms with Gasteiger partial charge in [0.25, 0.3) is 0 Å². The van der Waals surface area contributed by atoms with Gasteiger partial charge in [-0.05, 0) is 18.2 Å². The fourth-order valence-electron chi connectivity index (χ4n) is 3.24. The van der Waals surface area contributed by atoms with E-state index in [1.165, 1.54) is 37.7 Å². The predicted molar refractivity (Wildman–Crippen MR) is 93.9 cm³/mol. The molecule has 1 aliphatic rings. The fraction of sp³-hybridized carbons (Fsp3) is 0.333. The van der Waals surface area contributed by atoms with E-state index < -0.39 is 17.8 Å². The minimum absolute atomic E-state index is 0.229. The number of aliphatic carboxylic acids is 1. The SMILES string of the molecule is COc1ccc(F)cc1[C@@H](C(=O)O)N1CCN(c2nccnc2C#N)CC1. The lowest BCUT2D eigenvalue weighted by Crippen LogP contribution is -2.49. The molecule has 1 aliphatic heterocycles. The lowest BCUT2D eigenvalue weighted by Gasteiger charge is -2.38. The molecule has 1 fully saturated rings. The molecule has 1 N–H and O–H groups in total. The Morgan fingerprint density at radius 2 is 2.00 bits per heavy atom. The fourth-order valence-corrected chi connectivity index (χ4v) is 3.24. The molecule has 1 aromatic carbocycles. The van der Waals surface area contributed by atoms with Crippen LogP contribution < -0.4 is 9.64 Å². The van der Waals surface area contributed by atoms with Crippen LogP contribution in [0.3, 0.4) is 0 Å². The number of carbonyl (C=O) groups is 1. The summed E-state index contributed by atoms with van der Waals surface area (Å²) in [5, 5.41) is 18.9. The number of carboxylic acid groups (broad SMARTS) is 1. The molecule has 140 valence electrons. The van der Waals surface area contributed by atoms with Gasteiger partial charge in [0.15, 0.2) is 11.5 Å². The smallest absolute Gasteiger partial charge is 0.325 e. The molecule has 0 saturated carbocycles. The van der Waals surface area contributed by atoms with Gasteiger partial charge in [0.1, 0.15) is 23.7 Å². The lowest BCUT2D eigenvalue weighted by molar-refractivity contribution is -0.143. The molecule has 0 unspecified atom stereocenters. The number of halogens is 1. The van der Waals surface area contributed by atoms with Crippen LogP contribution in [0.5, 0.6) is 5.75 Å². The van der Waals surface area contributed by atoms with Crippen molar-refractivity contribution >= 4 is 11.8 Å². The Morgan fingerprint density at radius 1 is 1.30 bits per heavy atom. The van der Waals surface area contributed by atoms with Crippen molar-refractivity contribution in [2.75, 3.05) is 38.2 Å². The van der Waals surface area contributed by atoms with Crippen molar-refractivity contribution < 1.29 is 19.0 Å². The molecule has 0 spiro atoms. The summed E-state index contributed by atoms with van der Waals surface area (Å²) < 4.78 is 18.9. The quantitative estimate of drug-likeness (QED) is 0.842. The Balaban J connectivity index is 1.82. The third-order valence-corrected chi connectivity index (χ3v) is 4.48. The highest BCUT2D eigenvalue weighted by molar-refractivity contribution is 5.77. The van der Waals surface area contributed by atoms with Crippen molar-refractivity contribution in [1.82, 2.24) is 14.9 Å². The molecule has 1 aromatic heterocycles. The van der Waals surface area contributed by atoms with E-state index in [1.54, 1.807) is 4.90 Å². The van der Waals surface area contributed by atoms with Crippen LogP contribution >= 0.6 is 0 Å². The molecule has 1 saturated heterocycles. The third kappa shape index (κ3) is 3.80. The highest BCUT2D eigenvalue weighted by Gasteiger charge is 2.33. The third-order valence-electron chi connectivity index (χ3n) is 4.48. The molecule has 2 aromatic rings. The number of nitrogens with zero attached hydrogens (tertiary/aromatic N) is 5. The van der Waals surface area contributed by atoms with Crippen molar-refractivity contribution in [1.29, 1.82) is 5.26 Å². The Labute approximate surface area is 155 Å². The van der Waals surface area contributed by atoms with Gasteiger partial charge in [0, 0.05) is 44.1 Å². The summed E-state index contributed by atoms with van der Waals surface area (Å²) in [4.78, 5) is 23.8. The van der Waals surface area contributed by atoms with Gasteiger partial charge in [-0.3, -0.25) is 9.69 Å². The van der Waals surface area contributed by atoms with Crippen LogP contribution in [0, 0.1) is 17.1 Å². The van der Waals surface area contributed by atoms with E-state index in [2.05, 4.69) is 9.97 Å². The maximum absolute atomic E-state index is 13.7. The average Bonchev–Trinajstić information content (AvgIpc) is 2.68. The van der Waals surface area contributed by atoms with E-state index in [9.17, 15) is 19.6 Å². The minimum Gasteiger partial charge on any atom is -0.496 e. The molecule has 2 heterocycles. The van der Waals surface area contributed by atoms with Crippen molar-refractivity contribution in [3.8, 4) is 11.8 Å². The number of nitriles is 1. The monoisotopic (exact) mass is 371 g/mol. The van der Waals surface area contributed by atoms with Gasteiger partial charge in [-0.2, -0.15) is 5.26 Å². The van der Waals surface area contributed by atoms with Gasteiger partial charge in [0.2, 0.25) is 0 Å². The predicted octanol–water partition coefficient (Wildman–Crippen LogP) is 1.44. The van der Waals surface area contributed by atoms with Crippen LogP contribution in [0.2, 0.25) is 0 Å². The normalized spacial score (nSPS) is 15.8. The number of anilines is 1. The summed E-state index contributed by atoms with van der Waals surface area (Å²) in [7, 11) is 1.42. The zero-order valence-electron chi connectivity index (χ0n) is 14.7. The van der Waals surface area contributed by atoms with Gasteiger partial charge in [0.05, 0.1) is 7.11 Å². The van der Waals surface area contributed by atoms with Crippen LogP contribution in [-0.4, -0.2) is 59.2 Å². The Bertz CT molecular complexity index is 878. The number of hydrogen-bond acceptors (Lipinski definition) is 7. The van der Waals surface area contributed by atoms with Gasteiger partial charge >= 0.3 is 5.97 Å². The molecule has 9 heteroatoms. The number of hydrogen-bond donors (Lipinski definition) is 1. The van der Waals surface area contributed by atoms with Crippen LogP contribution in [0.1, 0.15) is 17.3 Å². The van der Waals surface area contributed by atoms with Crippen molar-refractivity contribution in [2.24, 2.45) is 0 Å². The Hall–Kier alpha value is -3.25. The van der Waals surface area contributed by atoms with E-state index in [0.29, 0.717) is 37.7 Å². The summed E-state index contributed by atoms with van der Waals surface area (Å²) in [6, 6.07) is 4.83. The van der Waals surface area contributed by atoms with E-state index >= 15 is 0 Å². The molecule has 0 aliphatic carbocycles. The number of carboxylic acids is 1. The standard InChI is InChI=1S/C18H18FN5O3/c1-27-15-3-2-12(19)10-13(15)16(18(25)26)23-6-8-24(9-7-23)17-14(11-20)21-4-5-22-17/h2-5,10,16H,6-9H2,1H3,(H,25,26)/t16-/m0/s1. The molecule has 0 radical (unpaired) electrons. The van der Waals surface area contributed by atoms with Gasteiger partial charge in [-0.1, -0.05) is 0 Å². The molecule has 0 bridgehead atoms. The van der Waals surface area contributed by atoms with Crippen molar-refractivity contribution in [2.45, 2.75) is 6.04 Å². The van der Waals surface area contributed by atoms with Crippen LogP contribution in [0.25, 0.3) is 0 Å². The first-order valence-electron chi connectivity index (χ1n) is 8.31. The molecule has 1 atom stereocenters. The highest BCUT2D eigenvalue weighted by Crippen LogP contribution is 2.31. The summed E-state index contributed by atoms with van der Waals surface area (Å²) in [6.45, 7) is 1.74. The number of benzene rings is 1. The molecule has 0 amide bonds. The molecular formula is C18H18FN5O3. The van der Waals surface area contributed by atoms with Crippen LogP contribution in [-0.2, 0) is 4.79 Å². The Morgan fingerprint density at radius 3 is 2.63 bits per heavy atom. The van der Waals surface area contributed by atoms with Crippen LogP contribution in [0.4, 0.5) is 10.2 Å². The zero-order valence-corrected chi connectivity index (χ0v) is 14.7. The number of aromatic nitrogens is 2. The van der Waals surface area contributed by atoms with Gasteiger partial charge in [-0.25, -0.2) is 14.4 Å².